The molecule has 0 aromatic carbocycles. The van der Waals surface area contributed by atoms with E-state index in [0.717, 1.165) is 30.6 Å². The summed E-state index contributed by atoms with van der Waals surface area (Å²) < 4.78 is 0. The fourth-order valence-corrected chi connectivity index (χ4v) is 1.55. The van der Waals surface area contributed by atoms with Crippen LogP contribution < -0.4 is 4.90 Å². The molecular weight excluding hydrogens is 152 g/mol. The Bertz CT molecular complexity index is 298. The average Bonchev–Trinajstić information content (AvgIpc) is 2.50. The zero-order chi connectivity index (χ0) is 8.39. The Kier molecular flexibility index (Phi) is 1.78. The number of nitrogens with zero attached hydrogens (tertiary/aromatic N) is 2. The van der Waals surface area contributed by atoms with Crippen molar-refractivity contribution in [2.75, 3.05) is 18.0 Å². The second-order valence-corrected chi connectivity index (χ2v) is 2.83. The highest BCUT2D eigenvalue weighted by Crippen LogP contribution is 2.24. The van der Waals surface area contributed by atoms with Gasteiger partial charge in [0.05, 0.1) is 17.9 Å². The Morgan fingerprint density at radius 3 is 3.42 bits per heavy atom. The van der Waals surface area contributed by atoms with Crippen molar-refractivity contribution in [2.45, 2.75) is 6.42 Å². The van der Waals surface area contributed by atoms with Gasteiger partial charge in [0.25, 0.3) is 0 Å². The first-order chi connectivity index (χ1) is 5.92. The number of rotatable bonds is 2. The van der Waals surface area contributed by atoms with Gasteiger partial charge in [-0.05, 0) is 12.1 Å². The molecule has 0 spiro atoms. The van der Waals surface area contributed by atoms with Gasteiger partial charge in [-0.1, -0.05) is 0 Å². The van der Waals surface area contributed by atoms with Crippen molar-refractivity contribution < 1.29 is 4.79 Å². The molecule has 3 nitrogen and oxygen atoms in total. The number of hydrogen-bond donors (Lipinski definition) is 0. The van der Waals surface area contributed by atoms with Crippen LogP contribution in [0.2, 0.25) is 0 Å². The molecule has 2 heterocycles. The van der Waals surface area contributed by atoms with Gasteiger partial charge in [-0.3, -0.25) is 4.98 Å². The van der Waals surface area contributed by atoms with Crippen molar-refractivity contribution in [2.24, 2.45) is 0 Å². The van der Waals surface area contributed by atoms with Crippen LogP contribution in [0.15, 0.2) is 18.3 Å². The van der Waals surface area contributed by atoms with Crippen LogP contribution in [-0.2, 0) is 11.2 Å². The summed E-state index contributed by atoms with van der Waals surface area (Å²) in [5.41, 5.74) is 2.23. The molecule has 0 saturated heterocycles. The smallest absolute Gasteiger partial charge is 0.139 e. The van der Waals surface area contributed by atoms with Crippen LogP contribution in [0.4, 0.5) is 5.69 Å². The average molecular weight is 162 g/mol. The van der Waals surface area contributed by atoms with Crippen LogP contribution in [0, 0.1) is 0 Å². The monoisotopic (exact) mass is 162 g/mol. The molecule has 0 amide bonds. The summed E-state index contributed by atoms with van der Waals surface area (Å²) in [7, 11) is 0. The molecule has 0 N–H and O–H groups in total. The van der Waals surface area contributed by atoms with Crippen LogP contribution in [0.1, 0.15) is 5.69 Å². The molecule has 3 heteroatoms. The van der Waals surface area contributed by atoms with E-state index in [2.05, 4.69) is 9.88 Å². The van der Waals surface area contributed by atoms with Gasteiger partial charge in [0.15, 0.2) is 0 Å². The molecule has 0 bridgehead atoms. The fourth-order valence-electron chi connectivity index (χ4n) is 1.55. The predicted octanol–water partition coefficient (Wildman–Crippen LogP) is 0.643. The third-order valence-corrected chi connectivity index (χ3v) is 2.12. The van der Waals surface area contributed by atoms with Crippen molar-refractivity contribution in [3.05, 3.63) is 24.0 Å². The lowest BCUT2D eigenvalue weighted by Gasteiger charge is -2.14. The Hall–Kier alpha value is -1.38. The first-order valence-electron chi connectivity index (χ1n) is 4.04. The number of carbonyl (C=O) groups excluding carboxylic acids is 1. The molecule has 1 aliphatic rings. The van der Waals surface area contributed by atoms with Crippen LogP contribution in [0.25, 0.3) is 0 Å². The van der Waals surface area contributed by atoms with Gasteiger partial charge < -0.3 is 9.69 Å². The highest BCUT2D eigenvalue weighted by molar-refractivity contribution is 5.64. The first kappa shape index (κ1) is 7.28. The zero-order valence-electron chi connectivity index (χ0n) is 6.73. The second-order valence-electron chi connectivity index (χ2n) is 2.83. The lowest BCUT2D eigenvalue weighted by molar-refractivity contribution is -0.106. The van der Waals surface area contributed by atoms with Crippen molar-refractivity contribution in [1.82, 2.24) is 4.98 Å². The summed E-state index contributed by atoms with van der Waals surface area (Å²) in [6.45, 7) is 1.41. The van der Waals surface area contributed by atoms with Crippen molar-refractivity contribution >= 4 is 12.0 Å². The molecule has 2 rings (SSSR count). The lowest BCUT2D eigenvalue weighted by Crippen LogP contribution is -2.22. The largest absolute Gasteiger partial charge is 0.363 e. The van der Waals surface area contributed by atoms with Gasteiger partial charge in [0, 0.05) is 19.2 Å². The van der Waals surface area contributed by atoms with E-state index >= 15 is 0 Å². The highest BCUT2D eigenvalue weighted by atomic mass is 16.1. The zero-order valence-corrected chi connectivity index (χ0v) is 6.73. The van der Waals surface area contributed by atoms with Gasteiger partial charge >= 0.3 is 0 Å². The van der Waals surface area contributed by atoms with Crippen LogP contribution in [0.3, 0.4) is 0 Å². The number of aromatic nitrogens is 1. The van der Waals surface area contributed by atoms with E-state index in [4.69, 9.17) is 0 Å². The van der Waals surface area contributed by atoms with E-state index in [1.54, 1.807) is 6.20 Å². The molecule has 0 radical (unpaired) electrons. The molecule has 0 fully saturated rings. The van der Waals surface area contributed by atoms with E-state index in [9.17, 15) is 4.79 Å². The Balaban J connectivity index is 2.29. The lowest BCUT2D eigenvalue weighted by atomic mass is 10.3. The summed E-state index contributed by atoms with van der Waals surface area (Å²) in [6, 6.07) is 3.92. The Morgan fingerprint density at radius 2 is 2.58 bits per heavy atom. The third-order valence-electron chi connectivity index (χ3n) is 2.12. The molecule has 12 heavy (non-hydrogen) atoms. The maximum Gasteiger partial charge on any atom is 0.139 e. The minimum Gasteiger partial charge on any atom is -0.363 e. The molecule has 1 aliphatic heterocycles. The van der Waals surface area contributed by atoms with Crippen molar-refractivity contribution in [3.63, 3.8) is 0 Å². The standard InChI is InChI=1S/C9H10N2O/c12-7-6-11-5-3-8-9(11)2-1-4-10-8/h1-2,4,7H,3,5-6H2. The summed E-state index contributed by atoms with van der Waals surface area (Å²) in [6.07, 6.45) is 3.69. The minimum atomic E-state index is 0.485. The highest BCUT2D eigenvalue weighted by Gasteiger charge is 2.18. The molecular formula is C9H10N2O. The molecule has 62 valence electrons. The number of carbonyl (C=O) groups is 1. The number of hydrogen-bond acceptors (Lipinski definition) is 3. The van der Waals surface area contributed by atoms with Gasteiger partial charge in [0.2, 0.25) is 0 Å². The number of fused-ring (bicyclic) bond motifs is 1. The third kappa shape index (κ3) is 1.07. The van der Waals surface area contributed by atoms with Crippen molar-refractivity contribution in [1.29, 1.82) is 0 Å². The van der Waals surface area contributed by atoms with E-state index in [1.165, 1.54) is 0 Å². The number of anilines is 1. The SMILES string of the molecule is O=CCN1CCc2ncccc21. The molecule has 0 atom stereocenters. The number of pyridine rings is 1. The van der Waals surface area contributed by atoms with Crippen molar-refractivity contribution in [3.8, 4) is 0 Å². The molecule has 0 aliphatic carbocycles. The normalized spacial score (nSPS) is 14.5. The Morgan fingerprint density at radius 1 is 1.67 bits per heavy atom. The fraction of sp³-hybridized carbons (Fsp3) is 0.333. The molecule has 0 unspecified atom stereocenters. The summed E-state index contributed by atoms with van der Waals surface area (Å²) in [5, 5.41) is 0. The van der Waals surface area contributed by atoms with Gasteiger partial charge in [-0.15, -0.1) is 0 Å². The summed E-state index contributed by atoms with van der Waals surface area (Å²) in [5.74, 6) is 0. The second kappa shape index (κ2) is 2.93. The predicted molar refractivity (Wildman–Crippen MR) is 46.2 cm³/mol. The molecule has 1 aromatic heterocycles. The van der Waals surface area contributed by atoms with Gasteiger partial charge in [-0.25, -0.2) is 0 Å². The van der Waals surface area contributed by atoms with Gasteiger partial charge in [-0.2, -0.15) is 0 Å². The summed E-state index contributed by atoms with van der Waals surface area (Å²) >= 11 is 0. The Labute approximate surface area is 71.0 Å². The molecule has 0 saturated carbocycles. The van der Waals surface area contributed by atoms with Gasteiger partial charge in [0.1, 0.15) is 6.29 Å². The maximum atomic E-state index is 10.3. The van der Waals surface area contributed by atoms with E-state index in [1.807, 2.05) is 12.1 Å². The van der Waals surface area contributed by atoms with Crippen LogP contribution in [0.5, 0.6) is 0 Å². The maximum absolute atomic E-state index is 10.3. The molecule has 1 aromatic rings. The van der Waals surface area contributed by atoms with E-state index in [0.29, 0.717) is 6.54 Å². The minimum absolute atomic E-state index is 0.485. The first-order valence-corrected chi connectivity index (χ1v) is 4.04. The van der Waals surface area contributed by atoms with Crippen LogP contribution in [-0.4, -0.2) is 24.4 Å². The summed E-state index contributed by atoms with van der Waals surface area (Å²) in [4.78, 5) is 16.6. The van der Waals surface area contributed by atoms with E-state index < -0.39 is 0 Å². The van der Waals surface area contributed by atoms with E-state index in [-0.39, 0.29) is 0 Å². The topological polar surface area (TPSA) is 33.2 Å². The quantitative estimate of drug-likeness (QED) is 0.598. The van der Waals surface area contributed by atoms with Crippen LogP contribution >= 0.6 is 0 Å². The number of aldehydes is 1.